The van der Waals surface area contributed by atoms with Gasteiger partial charge in [0.1, 0.15) is 11.4 Å². The molecule has 0 saturated carbocycles. The molecule has 0 atom stereocenters. The second-order valence-corrected chi connectivity index (χ2v) is 12.4. The SMILES string of the molecule is CN(c1ccc2c(c1)nc(N(C(=O)OC(C)(C)C)c1ccccc1)n2C)c1ccnc(Nc2cccc(S(N)(=O)=O)c2)n1. The Morgan fingerprint density at radius 1 is 0.953 bits per heavy atom. The minimum Gasteiger partial charge on any atom is -0.443 e. The van der Waals surface area contributed by atoms with Crippen LogP contribution in [0.3, 0.4) is 0 Å². The van der Waals surface area contributed by atoms with Crippen LogP contribution in [0.4, 0.5) is 39.6 Å². The number of amides is 1. The number of nitrogens with two attached hydrogens (primary N) is 1. The minimum atomic E-state index is -3.85. The molecular weight excluding hydrogens is 568 g/mol. The summed E-state index contributed by atoms with van der Waals surface area (Å²) in [6.07, 6.45) is 1.06. The number of hydrogen-bond donors (Lipinski definition) is 2. The van der Waals surface area contributed by atoms with E-state index in [0.717, 1.165) is 11.2 Å². The third-order valence-corrected chi connectivity index (χ3v) is 7.33. The molecule has 2 aromatic heterocycles. The predicted octanol–water partition coefficient (Wildman–Crippen LogP) is 5.60. The molecule has 222 valence electrons. The molecule has 1 amide bonds. The molecule has 0 aliphatic heterocycles. The number of imidazole rings is 1. The van der Waals surface area contributed by atoms with Gasteiger partial charge < -0.3 is 19.5 Å². The van der Waals surface area contributed by atoms with Crippen LogP contribution in [-0.4, -0.2) is 46.7 Å². The van der Waals surface area contributed by atoms with Gasteiger partial charge in [-0.15, -0.1) is 0 Å². The second kappa shape index (κ2) is 11.3. The van der Waals surface area contributed by atoms with Crippen LogP contribution in [0.2, 0.25) is 0 Å². The van der Waals surface area contributed by atoms with Gasteiger partial charge in [-0.25, -0.2) is 33.2 Å². The number of rotatable bonds is 7. The highest BCUT2D eigenvalue weighted by molar-refractivity contribution is 7.89. The van der Waals surface area contributed by atoms with Crippen molar-refractivity contribution in [3.05, 3.63) is 85.1 Å². The van der Waals surface area contributed by atoms with Gasteiger partial charge in [0.05, 0.1) is 21.6 Å². The summed E-state index contributed by atoms with van der Waals surface area (Å²) in [7, 11) is -0.149. The zero-order chi connectivity index (χ0) is 30.9. The van der Waals surface area contributed by atoms with Crippen molar-refractivity contribution in [2.45, 2.75) is 31.3 Å². The standard InChI is InChI=1S/C30H32N8O4S/c1-30(2,3)42-29(39)38(21-11-7-6-8-12-21)28-34-24-19-22(14-15-25(24)37(28)5)36(4)26-16-17-32-27(35-26)33-20-10-9-13-23(18-20)43(31,40)41/h6-19H,1-5H3,(H2,31,40,41)(H,32,33,35). The Labute approximate surface area is 249 Å². The fourth-order valence-corrected chi connectivity index (χ4v) is 4.94. The molecule has 0 aliphatic carbocycles. The molecule has 0 saturated heterocycles. The summed E-state index contributed by atoms with van der Waals surface area (Å²) >= 11 is 0. The summed E-state index contributed by atoms with van der Waals surface area (Å²) < 4.78 is 31.0. The molecule has 0 unspecified atom stereocenters. The van der Waals surface area contributed by atoms with E-state index >= 15 is 0 Å². The van der Waals surface area contributed by atoms with E-state index in [4.69, 9.17) is 14.9 Å². The summed E-state index contributed by atoms with van der Waals surface area (Å²) in [4.78, 5) is 30.4. The number of primary sulfonamides is 1. The molecule has 3 N–H and O–H groups in total. The average Bonchev–Trinajstić information content (AvgIpc) is 3.27. The first-order valence-electron chi connectivity index (χ1n) is 13.3. The van der Waals surface area contributed by atoms with Gasteiger partial charge in [0.15, 0.2) is 0 Å². The summed E-state index contributed by atoms with van der Waals surface area (Å²) in [5, 5.41) is 8.28. The Morgan fingerprint density at radius 2 is 1.70 bits per heavy atom. The topological polar surface area (TPSA) is 149 Å². The Balaban J connectivity index is 1.46. The molecule has 13 heteroatoms. The number of carbonyl (C=O) groups is 1. The predicted molar refractivity (Wildman–Crippen MR) is 167 cm³/mol. The lowest BCUT2D eigenvalue weighted by Crippen LogP contribution is -2.35. The maximum absolute atomic E-state index is 13.4. The van der Waals surface area contributed by atoms with E-state index in [1.807, 2.05) is 92.9 Å². The molecule has 2 heterocycles. The number of carbonyl (C=O) groups excluding carboxylic acids is 1. The number of aromatic nitrogens is 4. The molecule has 0 radical (unpaired) electrons. The van der Waals surface area contributed by atoms with Crippen LogP contribution >= 0.6 is 0 Å². The van der Waals surface area contributed by atoms with Crippen molar-refractivity contribution >= 4 is 61.9 Å². The summed E-state index contributed by atoms with van der Waals surface area (Å²) in [5.41, 5.74) is 2.68. The third kappa shape index (κ3) is 6.58. The summed E-state index contributed by atoms with van der Waals surface area (Å²) in [6.45, 7) is 5.46. The molecule has 0 spiro atoms. The van der Waals surface area contributed by atoms with E-state index in [1.165, 1.54) is 17.0 Å². The highest BCUT2D eigenvalue weighted by atomic mass is 32.2. The van der Waals surface area contributed by atoms with Crippen LogP contribution in [0, 0.1) is 0 Å². The first-order valence-corrected chi connectivity index (χ1v) is 14.9. The van der Waals surface area contributed by atoms with Crippen LogP contribution in [0.5, 0.6) is 0 Å². The van der Waals surface area contributed by atoms with Crippen LogP contribution in [-0.2, 0) is 21.8 Å². The minimum absolute atomic E-state index is 0.0219. The normalized spacial score (nSPS) is 11.8. The lowest BCUT2D eigenvalue weighted by Gasteiger charge is -2.26. The lowest BCUT2D eigenvalue weighted by atomic mass is 10.2. The number of anilines is 6. The Hall–Kier alpha value is -5.01. The molecule has 5 aromatic rings. The average molecular weight is 601 g/mol. The van der Waals surface area contributed by atoms with Crippen LogP contribution in [0.1, 0.15) is 20.8 Å². The van der Waals surface area contributed by atoms with E-state index in [0.29, 0.717) is 28.7 Å². The van der Waals surface area contributed by atoms with E-state index in [2.05, 4.69) is 15.3 Å². The van der Waals surface area contributed by atoms with E-state index < -0.39 is 21.7 Å². The molecule has 3 aromatic carbocycles. The summed E-state index contributed by atoms with van der Waals surface area (Å²) in [6, 6.07) is 22.8. The van der Waals surface area contributed by atoms with Gasteiger partial charge in [0.2, 0.25) is 21.9 Å². The Kier molecular flexibility index (Phi) is 7.78. The molecular formula is C30H32N8O4S. The van der Waals surface area contributed by atoms with Gasteiger partial charge in [0.25, 0.3) is 0 Å². The molecule has 5 rings (SSSR count). The van der Waals surface area contributed by atoms with Crippen LogP contribution in [0.15, 0.2) is 90.0 Å². The molecule has 0 fully saturated rings. The van der Waals surface area contributed by atoms with Crippen molar-refractivity contribution in [3.8, 4) is 0 Å². The maximum Gasteiger partial charge on any atom is 0.421 e. The van der Waals surface area contributed by atoms with Crippen LogP contribution in [0.25, 0.3) is 11.0 Å². The Bertz CT molecular complexity index is 1900. The van der Waals surface area contributed by atoms with Crippen molar-refractivity contribution in [2.24, 2.45) is 12.2 Å². The fraction of sp³-hybridized carbons (Fsp3) is 0.200. The highest BCUT2D eigenvalue weighted by Gasteiger charge is 2.28. The van der Waals surface area contributed by atoms with Crippen molar-refractivity contribution in [2.75, 3.05) is 22.2 Å². The number of nitrogens with zero attached hydrogens (tertiary/aromatic N) is 6. The smallest absolute Gasteiger partial charge is 0.421 e. The second-order valence-electron chi connectivity index (χ2n) is 10.8. The number of para-hydroxylation sites is 1. The monoisotopic (exact) mass is 600 g/mol. The van der Waals surface area contributed by atoms with Gasteiger partial charge in [-0.2, -0.15) is 4.98 Å². The molecule has 0 aliphatic rings. The number of benzene rings is 3. The number of nitrogens with one attached hydrogen (secondary N) is 1. The van der Waals surface area contributed by atoms with Crippen LogP contribution < -0.4 is 20.3 Å². The molecule has 0 bridgehead atoms. The Morgan fingerprint density at radius 3 is 2.40 bits per heavy atom. The van der Waals surface area contributed by atoms with Crippen molar-refractivity contribution in [1.82, 2.24) is 19.5 Å². The number of ether oxygens (including phenoxy) is 1. The third-order valence-electron chi connectivity index (χ3n) is 6.42. The molecule has 12 nitrogen and oxygen atoms in total. The first kappa shape index (κ1) is 29.5. The fourth-order valence-electron chi connectivity index (χ4n) is 4.38. The number of hydrogen-bond acceptors (Lipinski definition) is 9. The number of fused-ring (bicyclic) bond motifs is 1. The largest absolute Gasteiger partial charge is 0.443 e. The molecule has 43 heavy (non-hydrogen) atoms. The maximum atomic E-state index is 13.4. The van der Waals surface area contributed by atoms with Crippen molar-refractivity contribution in [1.29, 1.82) is 0 Å². The van der Waals surface area contributed by atoms with Gasteiger partial charge in [-0.1, -0.05) is 24.3 Å². The number of aryl methyl sites for hydroxylation is 1. The van der Waals surface area contributed by atoms with Gasteiger partial charge in [-0.3, -0.25) is 0 Å². The number of sulfonamides is 1. The zero-order valence-corrected chi connectivity index (χ0v) is 25.2. The quantitative estimate of drug-likeness (QED) is 0.244. The highest BCUT2D eigenvalue weighted by Crippen LogP contribution is 2.32. The lowest BCUT2D eigenvalue weighted by molar-refractivity contribution is 0.0596. The van der Waals surface area contributed by atoms with E-state index in [9.17, 15) is 13.2 Å². The first-order chi connectivity index (χ1) is 20.3. The van der Waals surface area contributed by atoms with E-state index in [-0.39, 0.29) is 10.8 Å². The zero-order valence-electron chi connectivity index (χ0n) is 24.4. The summed E-state index contributed by atoms with van der Waals surface area (Å²) in [5.74, 6) is 1.26. The van der Waals surface area contributed by atoms with E-state index in [1.54, 1.807) is 24.4 Å². The van der Waals surface area contributed by atoms with Gasteiger partial charge in [-0.05, 0) is 75.4 Å². The van der Waals surface area contributed by atoms with Crippen molar-refractivity contribution in [3.63, 3.8) is 0 Å². The van der Waals surface area contributed by atoms with Crippen molar-refractivity contribution < 1.29 is 17.9 Å². The van der Waals surface area contributed by atoms with Gasteiger partial charge >= 0.3 is 6.09 Å². The van der Waals surface area contributed by atoms with Gasteiger partial charge in [0, 0.05) is 31.7 Å².